The average Bonchev–Trinajstić information content (AvgIpc) is 3.04. The van der Waals surface area contributed by atoms with Gasteiger partial charge in [-0.1, -0.05) is 31.5 Å². The molecule has 1 atom stereocenters. The van der Waals surface area contributed by atoms with Gasteiger partial charge in [0.15, 0.2) is 5.65 Å². The molecular formula is C17H21N5O. The van der Waals surface area contributed by atoms with Gasteiger partial charge >= 0.3 is 0 Å². The first-order chi connectivity index (χ1) is 11.3. The molecule has 2 N–H and O–H groups in total. The Hall–Kier alpha value is -2.47. The summed E-state index contributed by atoms with van der Waals surface area (Å²) in [5, 5.41) is 17.8. The van der Waals surface area contributed by atoms with Crippen LogP contribution in [0.2, 0.25) is 0 Å². The van der Waals surface area contributed by atoms with Crippen molar-refractivity contribution in [1.82, 2.24) is 19.7 Å². The lowest BCUT2D eigenvalue weighted by molar-refractivity contribution is 0.258. The van der Waals surface area contributed by atoms with Crippen LogP contribution in [0.5, 0.6) is 0 Å². The molecule has 1 unspecified atom stereocenters. The molecule has 1 aromatic carbocycles. The van der Waals surface area contributed by atoms with Crippen molar-refractivity contribution in [1.29, 1.82) is 0 Å². The average molecular weight is 311 g/mol. The van der Waals surface area contributed by atoms with Crippen LogP contribution in [0.25, 0.3) is 16.7 Å². The summed E-state index contributed by atoms with van der Waals surface area (Å²) in [5.41, 5.74) is 1.75. The minimum Gasteiger partial charge on any atom is -0.396 e. The van der Waals surface area contributed by atoms with Crippen LogP contribution < -0.4 is 5.32 Å². The molecule has 23 heavy (non-hydrogen) atoms. The highest BCUT2D eigenvalue weighted by Crippen LogP contribution is 2.22. The number of fused-ring (bicyclic) bond motifs is 1. The van der Waals surface area contributed by atoms with E-state index < -0.39 is 0 Å². The van der Waals surface area contributed by atoms with Gasteiger partial charge in [-0.3, -0.25) is 0 Å². The Kier molecular flexibility index (Phi) is 4.83. The summed E-state index contributed by atoms with van der Waals surface area (Å²) in [6.45, 7) is 3.12. The van der Waals surface area contributed by atoms with Gasteiger partial charge in [0.2, 0.25) is 0 Å². The number of benzene rings is 1. The number of aromatic nitrogens is 4. The van der Waals surface area contributed by atoms with Crippen LogP contribution >= 0.6 is 0 Å². The van der Waals surface area contributed by atoms with Gasteiger partial charge in [-0.05, 0) is 24.5 Å². The Morgan fingerprint density at radius 3 is 2.78 bits per heavy atom. The molecule has 0 spiro atoms. The Bertz CT molecular complexity index is 756. The first-order valence-corrected chi connectivity index (χ1v) is 7.92. The molecule has 0 radical (unpaired) electrons. The van der Waals surface area contributed by atoms with Gasteiger partial charge in [0, 0.05) is 13.2 Å². The van der Waals surface area contributed by atoms with Crippen LogP contribution in [0.3, 0.4) is 0 Å². The number of aliphatic hydroxyl groups excluding tert-OH is 1. The topological polar surface area (TPSA) is 75.9 Å². The first kappa shape index (κ1) is 15.4. The van der Waals surface area contributed by atoms with Crippen molar-refractivity contribution >= 4 is 16.9 Å². The third-order valence-electron chi connectivity index (χ3n) is 4.04. The van der Waals surface area contributed by atoms with Gasteiger partial charge in [-0.25, -0.2) is 14.6 Å². The summed E-state index contributed by atoms with van der Waals surface area (Å²) < 4.78 is 1.81. The quantitative estimate of drug-likeness (QED) is 0.701. The van der Waals surface area contributed by atoms with Crippen LogP contribution in [-0.2, 0) is 0 Å². The van der Waals surface area contributed by atoms with E-state index in [0.29, 0.717) is 5.92 Å². The number of hydrogen-bond donors (Lipinski definition) is 2. The second-order valence-electron chi connectivity index (χ2n) is 5.52. The third-order valence-corrected chi connectivity index (χ3v) is 4.04. The van der Waals surface area contributed by atoms with Gasteiger partial charge in [0.1, 0.15) is 12.1 Å². The second-order valence-corrected chi connectivity index (χ2v) is 5.52. The highest BCUT2D eigenvalue weighted by molar-refractivity contribution is 5.87. The molecule has 0 aliphatic carbocycles. The zero-order chi connectivity index (χ0) is 16.1. The van der Waals surface area contributed by atoms with Crippen LogP contribution in [0.15, 0.2) is 42.9 Å². The molecule has 0 fully saturated rings. The molecule has 2 aromatic heterocycles. The number of hydrogen-bond acceptors (Lipinski definition) is 5. The van der Waals surface area contributed by atoms with Gasteiger partial charge in [-0.2, -0.15) is 5.10 Å². The van der Waals surface area contributed by atoms with Crippen molar-refractivity contribution < 1.29 is 5.11 Å². The molecule has 0 saturated heterocycles. The Labute approximate surface area is 135 Å². The molecule has 120 valence electrons. The summed E-state index contributed by atoms with van der Waals surface area (Å²) in [6, 6.07) is 9.92. The van der Waals surface area contributed by atoms with E-state index in [2.05, 4.69) is 27.3 Å². The van der Waals surface area contributed by atoms with Gasteiger partial charge in [0.05, 0.1) is 17.3 Å². The van der Waals surface area contributed by atoms with Crippen molar-refractivity contribution in [2.45, 2.75) is 19.8 Å². The maximum absolute atomic E-state index is 9.10. The lowest BCUT2D eigenvalue weighted by Gasteiger charge is -2.14. The maximum Gasteiger partial charge on any atom is 0.168 e. The molecule has 6 nitrogen and oxygen atoms in total. The van der Waals surface area contributed by atoms with E-state index >= 15 is 0 Å². The zero-order valence-corrected chi connectivity index (χ0v) is 13.2. The van der Waals surface area contributed by atoms with Crippen LogP contribution in [0, 0.1) is 5.92 Å². The van der Waals surface area contributed by atoms with Crippen molar-refractivity contribution in [2.75, 3.05) is 18.5 Å². The largest absolute Gasteiger partial charge is 0.396 e. The SMILES string of the molecule is CCC(CCO)CNc1ncnc2c1cnn2-c1ccccc1. The highest BCUT2D eigenvalue weighted by Gasteiger charge is 2.12. The van der Waals surface area contributed by atoms with E-state index in [1.807, 2.05) is 35.0 Å². The first-order valence-electron chi connectivity index (χ1n) is 7.92. The van der Waals surface area contributed by atoms with Crippen molar-refractivity contribution in [3.63, 3.8) is 0 Å². The molecular weight excluding hydrogens is 290 g/mol. The molecule has 0 bridgehead atoms. The second kappa shape index (κ2) is 7.19. The molecule has 3 rings (SSSR count). The van der Waals surface area contributed by atoms with Gasteiger partial charge < -0.3 is 10.4 Å². The Morgan fingerprint density at radius 2 is 2.04 bits per heavy atom. The normalized spacial score (nSPS) is 12.4. The van der Waals surface area contributed by atoms with E-state index in [1.54, 1.807) is 12.5 Å². The van der Waals surface area contributed by atoms with Crippen LogP contribution in [0.4, 0.5) is 5.82 Å². The number of para-hydroxylation sites is 1. The van der Waals surface area contributed by atoms with Crippen molar-refractivity contribution in [3.05, 3.63) is 42.9 Å². The van der Waals surface area contributed by atoms with E-state index in [4.69, 9.17) is 5.11 Å². The van der Waals surface area contributed by atoms with E-state index in [9.17, 15) is 0 Å². The Morgan fingerprint density at radius 1 is 1.22 bits per heavy atom. The van der Waals surface area contributed by atoms with E-state index in [0.717, 1.165) is 41.9 Å². The van der Waals surface area contributed by atoms with Crippen LogP contribution in [-0.4, -0.2) is 38.0 Å². The highest BCUT2D eigenvalue weighted by atomic mass is 16.3. The summed E-state index contributed by atoms with van der Waals surface area (Å²) >= 11 is 0. The molecule has 0 saturated carbocycles. The Balaban J connectivity index is 1.87. The lowest BCUT2D eigenvalue weighted by atomic mass is 10.0. The fraction of sp³-hybridized carbons (Fsp3) is 0.353. The standard InChI is InChI=1S/C17H21N5O/c1-2-13(8-9-23)10-18-16-15-11-21-22(17(15)20-12-19-16)14-6-4-3-5-7-14/h3-7,11-13,23H,2,8-10H2,1H3,(H,18,19,20). The monoisotopic (exact) mass is 311 g/mol. The number of rotatable bonds is 7. The number of nitrogens with zero attached hydrogens (tertiary/aromatic N) is 4. The summed E-state index contributed by atoms with van der Waals surface area (Å²) in [4.78, 5) is 8.71. The van der Waals surface area contributed by atoms with Gasteiger partial charge in [0.25, 0.3) is 0 Å². The smallest absolute Gasteiger partial charge is 0.168 e. The fourth-order valence-electron chi connectivity index (χ4n) is 2.62. The fourth-order valence-corrected chi connectivity index (χ4v) is 2.62. The van der Waals surface area contributed by atoms with Crippen LogP contribution in [0.1, 0.15) is 19.8 Å². The van der Waals surface area contributed by atoms with Crippen molar-refractivity contribution in [2.24, 2.45) is 5.92 Å². The number of anilines is 1. The van der Waals surface area contributed by atoms with E-state index in [-0.39, 0.29) is 6.61 Å². The van der Waals surface area contributed by atoms with Gasteiger partial charge in [-0.15, -0.1) is 0 Å². The maximum atomic E-state index is 9.10. The third kappa shape index (κ3) is 3.32. The predicted octanol–water partition coefficient (Wildman–Crippen LogP) is 2.64. The molecule has 2 heterocycles. The summed E-state index contributed by atoms with van der Waals surface area (Å²) in [7, 11) is 0. The molecule has 0 aliphatic rings. The minimum atomic E-state index is 0.214. The molecule has 0 amide bonds. The van der Waals surface area contributed by atoms with E-state index in [1.165, 1.54) is 0 Å². The minimum absolute atomic E-state index is 0.214. The van der Waals surface area contributed by atoms with Crippen molar-refractivity contribution in [3.8, 4) is 5.69 Å². The zero-order valence-electron chi connectivity index (χ0n) is 13.2. The summed E-state index contributed by atoms with van der Waals surface area (Å²) in [5.74, 6) is 1.21. The number of aliphatic hydroxyl groups is 1. The summed E-state index contributed by atoms with van der Waals surface area (Å²) in [6.07, 6.45) is 5.16. The number of nitrogens with one attached hydrogen (secondary N) is 1. The molecule has 3 aromatic rings. The molecule has 6 heteroatoms. The molecule has 0 aliphatic heterocycles. The predicted molar refractivity (Wildman–Crippen MR) is 90.6 cm³/mol. The lowest BCUT2D eigenvalue weighted by Crippen LogP contribution is -2.15.